The van der Waals surface area contributed by atoms with Gasteiger partial charge in [0.25, 0.3) is 0 Å². The summed E-state index contributed by atoms with van der Waals surface area (Å²) in [5.74, 6) is 0. The number of alkyl halides is 3. The molecule has 1 heterocycles. The van der Waals surface area contributed by atoms with Crippen LogP contribution in [0.4, 0.5) is 23.7 Å². The van der Waals surface area contributed by atoms with Crippen LogP contribution in [0.3, 0.4) is 0 Å². The summed E-state index contributed by atoms with van der Waals surface area (Å²) in [6.07, 6.45) is -5.38. The van der Waals surface area contributed by atoms with Crippen molar-refractivity contribution in [1.29, 1.82) is 0 Å². The number of hydrogen-bond donors (Lipinski definition) is 1. The Labute approximate surface area is 138 Å². The molecule has 0 atom stereocenters. The van der Waals surface area contributed by atoms with Crippen LogP contribution in [0.15, 0.2) is 12.1 Å². The zero-order valence-corrected chi connectivity index (χ0v) is 14.0. The Kier molecular flexibility index (Phi) is 6.97. The number of nitrogens with zero attached hydrogens (tertiary/aromatic N) is 1. The lowest BCUT2D eigenvalue weighted by atomic mass is 10.2. The zero-order chi connectivity index (χ0) is 18.4. The van der Waals surface area contributed by atoms with Crippen LogP contribution in [0.25, 0.3) is 0 Å². The lowest BCUT2D eigenvalue weighted by Crippen LogP contribution is -2.28. The maximum atomic E-state index is 12.8. The summed E-state index contributed by atoms with van der Waals surface area (Å²) >= 11 is 0. The number of methoxy groups -OCH3 is 1. The topological polar surface area (TPSA) is 69.7 Å². The summed E-state index contributed by atoms with van der Waals surface area (Å²) in [6, 6.07) is 1.90. The molecule has 0 fully saturated rings. The van der Waals surface area contributed by atoms with Crippen LogP contribution in [0, 0.1) is 0 Å². The number of halogens is 3. The molecular formula is C15H21F3N2O4. The number of aromatic nitrogens is 1. The van der Waals surface area contributed by atoms with Crippen molar-refractivity contribution >= 4 is 11.8 Å². The van der Waals surface area contributed by atoms with E-state index in [0.717, 1.165) is 12.1 Å². The average Bonchev–Trinajstić information content (AvgIpc) is 2.41. The summed E-state index contributed by atoms with van der Waals surface area (Å²) in [6.45, 7) is 5.28. The van der Waals surface area contributed by atoms with E-state index in [1.165, 1.54) is 7.11 Å². The van der Waals surface area contributed by atoms with E-state index in [0.29, 0.717) is 0 Å². The average molecular weight is 350 g/mol. The Hall–Kier alpha value is -1.87. The second-order valence-electron chi connectivity index (χ2n) is 5.86. The summed E-state index contributed by atoms with van der Waals surface area (Å²) < 4.78 is 53.4. The van der Waals surface area contributed by atoms with Gasteiger partial charge in [-0.15, -0.1) is 0 Å². The molecule has 24 heavy (non-hydrogen) atoms. The highest BCUT2D eigenvalue weighted by atomic mass is 19.4. The minimum absolute atomic E-state index is 0.0493. The van der Waals surface area contributed by atoms with Gasteiger partial charge in [-0.3, -0.25) is 5.32 Å². The predicted molar refractivity (Wildman–Crippen MR) is 80.6 cm³/mol. The third-order valence-corrected chi connectivity index (χ3v) is 2.57. The van der Waals surface area contributed by atoms with Crippen LogP contribution in [0.5, 0.6) is 0 Å². The van der Waals surface area contributed by atoms with E-state index < -0.39 is 23.6 Å². The van der Waals surface area contributed by atoms with Crippen molar-refractivity contribution in [3.8, 4) is 0 Å². The second kappa shape index (κ2) is 8.29. The third-order valence-electron chi connectivity index (χ3n) is 2.57. The molecule has 136 valence electrons. The predicted octanol–water partition coefficient (Wildman–Crippen LogP) is 3.61. The van der Waals surface area contributed by atoms with E-state index in [-0.39, 0.29) is 31.2 Å². The van der Waals surface area contributed by atoms with Crippen LogP contribution in [-0.2, 0) is 27.0 Å². The molecule has 0 aliphatic heterocycles. The number of carbonyl (C=O) groups excluding carboxylic acids is 1. The number of amides is 1. The minimum Gasteiger partial charge on any atom is -0.444 e. The van der Waals surface area contributed by atoms with E-state index in [4.69, 9.17) is 14.2 Å². The fourth-order valence-corrected chi connectivity index (χ4v) is 1.61. The number of anilines is 1. The summed E-state index contributed by atoms with van der Waals surface area (Å²) in [4.78, 5) is 15.3. The standard InChI is InChI=1S/C15H21F3N2O4/c1-14(2,3)24-13(21)20-10-5-6-12(15(16,17)18)19-11(10)9-23-8-7-22-4/h5-6H,7-9H2,1-4H3,(H,20,21). The Morgan fingerprint density at radius 1 is 1.21 bits per heavy atom. The van der Waals surface area contributed by atoms with Crippen molar-refractivity contribution in [2.75, 3.05) is 25.6 Å². The Morgan fingerprint density at radius 2 is 1.88 bits per heavy atom. The van der Waals surface area contributed by atoms with Crippen LogP contribution in [-0.4, -0.2) is 37.0 Å². The van der Waals surface area contributed by atoms with Crippen LogP contribution >= 0.6 is 0 Å². The molecule has 1 aromatic heterocycles. The van der Waals surface area contributed by atoms with Gasteiger partial charge < -0.3 is 14.2 Å². The highest BCUT2D eigenvalue weighted by Gasteiger charge is 2.33. The van der Waals surface area contributed by atoms with Crippen molar-refractivity contribution in [3.05, 3.63) is 23.5 Å². The molecule has 1 amide bonds. The normalized spacial score (nSPS) is 12.1. The highest BCUT2D eigenvalue weighted by molar-refractivity contribution is 5.85. The van der Waals surface area contributed by atoms with Crippen molar-refractivity contribution in [2.24, 2.45) is 0 Å². The molecule has 0 aromatic carbocycles. The first-order chi connectivity index (χ1) is 11.0. The van der Waals surface area contributed by atoms with E-state index in [1.807, 2.05) is 0 Å². The third kappa shape index (κ3) is 7.14. The van der Waals surface area contributed by atoms with E-state index in [9.17, 15) is 18.0 Å². The quantitative estimate of drug-likeness (QED) is 0.794. The lowest BCUT2D eigenvalue weighted by Gasteiger charge is -2.20. The van der Waals surface area contributed by atoms with Crippen LogP contribution < -0.4 is 5.32 Å². The first-order valence-electron chi connectivity index (χ1n) is 7.17. The molecule has 0 bridgehead atoms. The summed E-state index contributed by atoms with van der Waals surface area (Å²) in [5.41, 5.74) is -1.76. The number of carbonyl (C=O) groups is 1. The van der Waals surface area contributed by atoms with Crippen molar-refractivity contribution in [1.82, 2.24) is 4.98 Å². The van der Waals surface area contributed by atoms with Gasteiger partial charge in [0.2, 0.25) is 0 Å². The van der Waals surface area contributed by atoms with Gasteiger partial charge in [-0.2, -0.15) is 13.2 Å². The van der Waals surface area contributed by atoms with Gasteiger partial charge in [0, 0.05) is 7.11 Å². The Bertz CT molecular complexity index is 557. The molecular weight excluding hydrogens is 329 g/mol. The van der Waals surface area contributed by atoms with Crippen molar-refractivity contribution < 1.29 is 32.2 Å². The van der Waals surface area contributed by atoms with Crippen molar-refractivity contribution in [3.63, 3.8) is 0 Å². The largest absolute Gasteiger partial charge is 0.444 e. The van der Waals surface area contributed by atoms with Crippen LogP contribution in [0.1, 0.15) is 32.2 Å². The molecule has 0 saturated carbocycles. The van der Waals surface area contributed by atoms with Gasteiger partial charge in [0.05, 0.1) is 31.2 Å². The van der Waals surface area contributed by atoms with Gasteiger partial charge in [-0.25, -0.2) is 9.78 Å². The Morgan fingerprint density at radius 3 is 2.42 bits per heavy atom. The van der Waals surface area contributed by atoms with Crippen LogP contribution in [0.2, 0.25) is 0 Å². The fourth-order valence-electron chi connectivity index (χ4n) is 1.61. The van der Waals surface area contributed by atoms with E-state index in [2.05, 4.69) is 10.3 Å². The smallest absolute Gasteiger partial charge is 0.433 e. The number of hydrogen-bond acceptors (Lipinski definition) is 5. The van der Waals surface area contributed by atoms with Gasteiger partial charge in [-0.1, -0.05) is 0 Å². The van der Waals surface area contributed by atoms with Crippen molar-refractivity contribution in [2.45, 2.75) is 39.2 Å². The molecule has 0 spiro atoms. The molecule has 0 saturated heterocycles. The molecule has 6 nitrogen and oxygen atoms in total. The lowest BCUT2D eigenvalue weighted by molar-refractivity contribution is -0.141. The van der Waals surface area contributed by atoms with E-state index in [1.54, 1.807) is 20.8 Å². The highest BCUT2D eigenvalue weighted by Crippen LogP contribution is 2.29. The Balaban J connectivity index is 2.93. The maximum absolute atomic E-state index is 12.8. The first-order valence-corrected chi connectivity index (χ1v) is 7.17. The molecule has 0 aliphatic carbocycles. The molecule has 9 heteroatoms. The number of rotatable bonds is 6. The molecule has 0 aliphatic rings. The summed E-state index contributed by atoms with van der Waals surface area (Å²) in [5, 5.41) is 2.38. The summed E-state index contributed by atoms with van der Waals surface area (Å²) in [7, 11) is 1.47. The fraction of sp³-hybridized carbons (Fsp3) is 0.600. The maximum Gasteiger partial charge on any atom is 0.433 e. The molecule has 0 unspecified atom stereocenters. The second-order valence-corrected chi connectivity index (χ2v) is 5.86. The van der Waals surface area contributed by atoms with Gasteiger partial charge >= 0.3 is 12.3 Å². The molecule has 1 aromatic rings. The first kappa shape index (κ1) is 20.2. The number of nitrogens with one attached hydrogen (secondary N) is 1. The molecule has 0 radical (unpaired) electrons. The SMILES string of the molecule is COCCOCc1nc(C(F)(F)F)ccc1NC(=O)OC(C)(C)C. The van der Waals surface area contributed by atoms with E-state index >= 15 is 0 Å². The van der Waals surface area contributed by atoms with Gasteiger partial charge in [0.15, 0.2) is 0 Å². The molecule has 1 N–H and O–H groups in total. The number of pyridine rings is 1. The monoisotopic (exact) mass is 350 g/mol. The number of ether oxygens (including phenoxy) is 3. The minimum atomic E-state index is -4.59. The molecule has 1 rings (SSSR count). The zero-order valence-electron chi connectivity index (χ0n) is 14.0. The van der Waals surface area contributed by atoms with Gasteiger partial charge in [-0.05, 0) is 32.9 Å². The van der Waals surface area contributed by atoms with Gasteiger partial charge in [0.1, 0.15) is 11.3 Å².